The van der Waals surface area contributed by atoms with Gasteiger partial charge in [-0.2, -0.15) is 0 Å². The number of aromatic hydroxyl groups is 1. The molecule has 0 aromatic heterocycles. The largest absolute Gasteiger partial charge is 0.506 e. The van der Waals surface area contributed by atoms with Crippen LogP contribution in [0.3, 0.4) is 0 Å². The Morgan fingerprint density at radius 1 is 1.53 bits per heavy atom. The molecule has 1 aliphatic heterocycles. The lowest BCUT2D eigenvalue weighted by Gasteiger charge is -2.33. The fraction of sp³-hybridized carbons (Fsp3) is 0.455. The molecule has 1 aromatic rings. The highest BCUT2D eigenvalue weighted by molar-refractivity contribution is 9.10. The maximum absolute atomic E-state index is 9.97. The van der Waals surface area contributed by atoms with E-state index in [2.05, 4.69) is 33.2 Å². The standard InChI is InChI=1S/C11H15BrN2O/c1-14-6-5-13-7-10(14)8-3-2-4-9(12)11(8)15/h2-4,10,13,15H,5-7H2,1H3. The van der Waals surface area contributed by atoms with E-state index in [0.29, 0.717) is 5.75 Å². The Morgan fingerprint density at radius 3 is 3.07 bits per heavy atom. The molecule has 82 valence electrons. The van der Waals surface area contributed by atoms with Crippen molar-refractivity contribution in [1.82, 2.24) is 10.2 Å². The number of likely N-dealkylation sites (N-methyl/N-ethyl adjacent to an activating group) is 1. The highest BCUT2D eigenvalue weighted by Gasteiger charge is 2.23. The smallest absolute Gasteiger partial charge is 0.134 e. The van der Waals surface area contributed by atoms with Crippen LogP contribution in [0, 0.1) is 0 Å². The molecule has 1 aromatic carbocycles. The van der Waals surface area contributed by atoms with Gasteiger partial charge in [-0.05, 0) is 29.0 Å². The summed E-state index contributed by atoms with van der Waals surface area (Å²) in [4.78, 5) is 2.26. The molecule has 1 fully saturated rings. The van der Waals surface area contributed by atoms with Gasteiger partial charge in [0.2, 0.25) is 0 Å². The van der Waals surface area contributed by atoms with Crippen molar-refractivity contribution in [2.45, 2.75) is 6.04 Å². The molecule has 1 saturated heterocycles. The van der Waals surface area contributed by atoms with Crippen molar-refractivity contribution >= 4 is 15.9 Å². The Kier molecular flexibility index (Phi) is 3.29. The van der Waals surface area contributed by atoms with E-state index in [9.17, 15) is 5.11 Å². The van der Waals surface area contributed by atoms with E-state index < -0.39 is 0 Å². The molecule has 0 aliphatic carbocycles. The lowest BCUT2D eigenvalue weighted by Crippen LogP contribution is -2.43. The minimum Gasteiger partial charge on any atom is -0.506 e. The monoisotopic (exact) mass is 270 g/mol. The second-order valence-corrected chi connectivity index (χ2v) is 4.73. The number of halogens is 1. The predicted octanol–water partition coefficient (Wildman–Crippen LogP) is 1.73. The third-order valence-corrected chi connectivity index (χ3v) is 3.53. The zero-order valence-corrected chi connectivity index (χ0v) is 10.3. The van der Waals surface area contributed by atoms with E-state index in [-0.39, 0.29) is 6.04 Å². The number of rotatable bonds is 1. The van der Waals surface area contributed by atoms with Crippen molar-refractivity contribution < 1.29 is 5.11 Å². The van der Waals surface area contributed by atoms with E-state index in [0.717, 1.165) is 29.7 Å². The van der Waals surface area contributed by atoms with Crippen molar-refractivity contribution in [3.63, 3.8) is 0 Å². The summed E-state index contributed by atoms with van der Waals surface area (Å²) in [6, 6.07) is 6.06. The minimum atomic E-state index is 0.260. The molecule has 15 heavy (non-hydrogen) atoms. The van der Waals surface area contributed by atoms with Crippen LogP contribution in [0.25, 0.3) is 0 Å². The van der Waals surface area contributed by atoms with Crippen LogP contribution in [-0.2, 0) is 0 Å². The molecule has 1 aliphatic rings. The van der Waals surface area contributed by atoms with Crippen molar-refractivity contribution in [1.29, 1.82) is 0 Å². The second kappa shape index (κ2) is 4.51. The molecule has 0 amide bonds. The van der Waals surface area contributed by atoms with E-state index >= 15 is 0 Å². The van der Waals surface area contributed by atoms with Gasteiger partial charge in [0.05, 0.1) is 10.5 Å². The third-order valence-electron chi connectivity index (χ3n) is 2.89. The maximum atomic E-state index is 9.97. The Balaban J connectivity index is 2.31. The molecular weight excluding hydrogens is 256 g/mol. The molecule has 0 radical (unpaired) electrons. The number of nitrogens with one attached hydrogen (secondary N) is 1. The zero-order chi connectivity index (χ0) is 10.8. The molecule has 4 heteroatoms. The predicted molar refractivity (Wildman–Crippen MR) is 64.0 cm³/mol. The first-order chi connectivity index (χ1) is 7.20. The van der Waals surface area contributed by atoms with E-state index in [1.54, 1.807) is 0 Å². The van der Waals surface area contributed by atoms with Crippen LogP contribution in [0.5, 0.6) is 5.75 Å². The summed E-state index contributed by atoms with van der Waals surface area (Å²) in [5.74, 6) is 0.359. The molecule has 0 spiro atoms. The molecule has 0 bridgehead atoms. The molecule has 1 heterocycles. The summed E-state index contributed by atoms with van der Waals surface area (Å²) in [5.41, 5.74) is 0.985. The first kappa shape index (κ1) is 10.9. The van der Waals surface area contributed by atoms with Crippen LogP contribution < -0.4 is 5.32 Å². The van der Waals surface area contributed by atoms with Crippen LogP contribution >= 0.6 is 15.9 Å². The number of hydrogen-bond donors (Lipinski definition) is 2. The van der Waals surface area contributed by atoms with Crippen molar-refractivity contribution in [3.05, 3.63) is 28.2 Å². The van der Waals surface area contributed by atoms with Gasteiger partial charge in [0, 0.05) is 25.2 Å². The average molecular weight is 271 g/mol. The molecule has 2 N–H and O–H groups in total. The lowest BCUT2D eigenvalue weighted by atomic mass is 10.0. The number of benzene rings is 1. The Bertz CT molecular complexity index is 356. The van der Waals surface area contributed by atoms with Gasteiger partial charge >= 0.3 is 0 Å². The summed E-state index contributed by atoms with van der Waals surface area (Å²) in [5, 5.41) is 13.3. The fourth-order valence-corrected chi connectivity index (χ4v) is 2.34. The van der Waals surface area contributed by atoms with Crippen LogP contribution in [0.15, 0.2) is 22.7 Å². The Hall–Kier alpha value is -0.580. The summed E-state index contributed by atoms with van der Waals surface area (Å²) in [6.07, 6.45) is 0. The number of hydrogen-bond acceptors (Lipinski definition) is 3. The summed E-state index contributed by atoms with van der Waals surface area (Å²) in [7, 11) is 2.09. The number of phenols is 1. The van der Waals surface area contributed by atoms with Gasteiger partial charge < -0.3 is 10.4 Å². The molecule has 1 unspecified atom stereocenters. The topological polar surface area (TPSA) is 35.5 Å². The summed E-state index contributed by atoms with van der Waals surface area (Å²) in [6.45, 7) is 2.92. The normalized spacial score (nSPS) is 22.9. The van der Waals surface area contributed by atoms with Gasteiger partial charge in [-0.1, -0.05) is 12.1 Å². The Labute approximate surface area is 98.2 Å². The van der Waals surface area contributed by atoms with Gasteiger partial charge in [0.1, 0.15) is 5.75 Å². The van der Waals surface area contributed by atoms with Gasteiger partial charge in [-0.3, -0.25) is 4.90 Å². The van der Waals surface area contributed by atoms with Crippen LogP contribution in [0.1, 0.15) is 11.6 Å². The molecule has 0 saturated carbocycles. The molecule has 2 rings (SSSR count). The first-order valence-corrected chi connectivity index (χ1v) is 5.88. The number of piperazine rings is 1. The highest BCUT2D eigenvalue weighted by atomic mass is 79.9. The van der Waals surface area contributed by atoms with Gasteiger partial charge in [-0.15, -0.1) is 0 Å². The maximum Gasteiger partial charge on any atom is 0.134 e. The van der Waals surface area contributed by atoms with Crippen molar-refractivity contribution in [2.75, 3.05) is 26.7 Å². The molecule has 1 atom stereocenters. The van der Waals surface area contributed by atoms with Crippen molar-refractivity contribution in [3.8, 4) is 5.75 Å². The molecule has 3 nitrogen and oxygen atoms in total. The van der Waals surface area contributed by atoms with Gasteiger partial charge in [0.25, 0.3) is 0 Å². The van der Waals surface area contributed by atoms with Crippen LogP contribution in [0.4, 0.5) is 0 Å². The number of para-hydroxylation sites is 1. The quantitative estimate of drug-likeness (QED) is 0.816. The average Bonchev–Trinajstić information content (AvgIpc) is 2.23. The number of phenolic OH excluding ortho intramolecular Hbond substituents is 1. The van der Waals surface area contributed by atoms with Crippen LogP contribution in [0.2, 0.25) is 0 Å². The SMILES string of the molecule is CN1CCNCC1c1cccc(Br)c1O. The summed E-state index contributed by atoms with van der Waals surface area (Å²) >= 11 is 3.34. The van der Waals surface area contributed by atoms with Gasteiger partial charge in [0.15, 0.2) is 0 Å². The number of nitrogens with zero attached hydrogens (tertiary/aromatic N) is 1. The zero-order valence-electron chi connectivity index (χ0n) is 8.70. The highest BCUT2D eigenvalue weighted by Crippen LogP contribution is 2.34. The summed E-state index contributed by atoms with van der Waals surface area (Å²) < 4.78 is 0.763. The van der Waals surface area contributed by atoms with Crippen molar-refractivity contribution in [2.24, 2.45) is 0 Å². The van der Waals surface area contributed by atoms with Crippen LogP contribution in [-0.4, -0.2) is 36.7 Å². The Morgan fingerprint density at radius 2 is 2.33 bits per heavy atom. The first-order valence-electron chi connectivity index (χ1n) is 5.08. The second-order valence-electron chi connectivity index (χ2n) is 3.88. The fourth-order valence-electron chi connectivity index (χ4n) is 1.95. The van der Waals surface area contributed by atoms with E-state index in [4.69, 9.17) is 0 Å². The lowest BCUT2D eigenvalue weighted by molar-refractivity contribution is 0.198. The van der Waals surface area contributed by atoms with E-state index in [1.165, 1.54) is 0 Å². The third kappa shape index (κ3) is 2.17. The molecular formula is C11H15BrN2O. The minimum absolute atomic E-state index is 0.260. The van der Waals surface area contributed by atoms with Gasteiger partial charge in [-0.25, -0.2) is 0 Å². The van der Waals surface area contributed by atoms with E-state index in [1.807, 2.05) is 18.2 Å².